The van der Waals surface area contributed by atoms with Gasteiger partial charge in [-0.15, -0.1) is 11.3 Å². The fourth-order valence-electron chi connectivity index (χ4n) is 4.16. The highest BCUT2D eigenvalue weighted by atomic mass is 32.1. The van der Waals surface area contributed by atoms with Crippen LogP contribution in [0.2, 0.25) is 0 Å². The van der Waals surface area contributed by atoms with Gasteiger partial charge in [0, 0.05) is 36.6 Å². The summed E-state index contributed by atoms with van der Waals surface area (Å²) in [6.07, 6.45) is 4.55. The number of anilines is 1. The molecule has 1 aliphatic carbocycles. The third-order valence-electron chi connectivity index (χ3n) is 6.46. The first-order valence-corrected chi connectivity index (χ1v) is 13.8. The number of halogens is 1. The predicted molar refractivity (Wildman–Crippen MR) is 146 cm³/mol. The number of ether oxygens (including phenoxy) is 2. The summed E-state index contributed by atoms with van der Waals surface area (Å²) in [7, 11) is 0. The molecule has 3 heterocycles. The van der Waals surface area contributed by atoms with E-state index in [1.54, 1.807) is 43.9 Å². The molecule has 2 aromatic heterocycles. The normalized spacial score (nSPS) is 17.5. The lowest BCUT2D eigenvalue weighted by Gasteiger charge is -2.33. The minimum Gasteiger partial charge on any atom is -0.460 e. The number of fused-ring (bicyclic) bond motifs is 1. The van der Waals surface area contributed by atoms with Gasteiger partial charge in [-0.25, -0.2) is 9.18 Å². The van der Waals surface area contributed by atoms with Gasteiger partial charge in [0.05, 0.1) is 27.1 Å². The summed E-state index contributed by atoms with van der Waals surface area (Å²) in [6, 6.07) is 7.34. The Bertz CT molecular complexity index is 1410. The van der Waals surface area contributed by atoms with Crippen LogP contribution in [0.15, 0.2) is 36.5 Å². The number of hydrogen-bond acceptors (Lipinski definition) is 7. The zero-order valence-electron chi connectivity index (χ0n) is 22.1. The van der Waals surface area contributed by atoms with Crippen LogP contribution in [-0.2, 0) is 9.53 Å². The van der Waals surface area contributed by atoms with E-state index in [1.165, 1.54) is 29.7 Å². The zero-order chi connectivity index (χ0) is 27.7. The number of pyridine rings is 1. The molecular weight excluding hydrogens is 523 g/mol. The molecule has 1 saturated heterocycles. The minimum absolute atomic E-state index is 0.0172. The Morgan fingerprint density at radius 2 is 1.90 bits per heavy atom. The summed E-state index contributed by atoms with van der Waals surface area (Å²) < 4.78 is 27.0. The Kier molecular flexibility index (Phi) is 7.44. The van der Waals surface area contributed by atoms with Gasteiger partial charge in [0.1, 0.15) is 11.9 Å². The number of urea groups is 1. The van der Waals surface area contributed by atoms with E-state index in [9.17, 15) is 18.8 Å². The van der Waals surface area contributed by atoms with Crippen molar-refractivity contribution in [3.63, 3.8) is 0 Å². The topological polar surface area (TPSA) is 110 Å². The molecule has 11 heteroatoms. The van der Waals surface area contributed by atoms with Crippen LogP contribution in [0.4, 0.5) is 14.9 Å². The average molecular weight is 555 g/mol. The number of nitrogens with one attached hydrogen (secondary N) is 2. The smallest absolute Gasteiger partial charge is 0.319 e. The first-order valence-electron chi connectivity index (χ1n) is 13.0. The number of nitrogens with zero attached hydrogens (tertiary/aromatic N) is 2. The van der Waals surface area contributed by atoms with E-state index in [2.05, 4.69) is 15.6 Å². The summed E-state index contributed by atoms with van der Waals surface area (Å²) in [5.74, 6) is -0.748. The van der Waals surface area contributed by atoms with Crippen molar-refractivity contribution >= 4 is 45.1 Å². The lowest BCUT2D eigenvalue weighted by Crippen LogP contribution is -2.44. The number of likely N-dealkylation sites (tertiary alicyclic amines) is 1. The number of benzene rings is 1. The second-order valence-electron chi connectivity index (χ2n) is 10.9. The van der Waals surface area contributed by atoms with E-state index in [0.717, 1.165) is 19.3 Å². The molecular formula is C28H31FN4O5S. The maximum atomic E-state index is 14.8. The zero-order valence-corrected chi connectivity index (χ0v) is 22.9. The fourth-order valence-corrected chi connectivity index (χ4v) is 5.20. The largest absolute Gasteiger partial charge is 0.460 e. The Morgan fingerprint density at radius 3 is 2.62 bits per heavy atom. The van der Waals surface area contributed by atoms with Gasteiger partial charge in [-0.2, -0.15) is 0 Å². The van der Waals surface area contributed by atoms with Crippen molar-refractivity contribution in [2.45, 2.75) is 58.6 Å². The molecule has 1 atom stereocenters. The number of piperidine rings is 1. The summed E-state index contributed by atoms with van der Waals surface area (Å²) >= 11 is 1.22. The van der Waals surface area contributed by atoms with Gasteiger partial charge in [-0.3, -0.25) is 14.6 Å². The molecule has 1 aromatic carbocycles. The first-order chi connectivity index (χ1) is 18.6. The summed E-state index contributed by atoms with van der Waals surface area (Å²) in [6.45, 7) is 6.30. The maximum absolute atomic E-state index is 14.8. The molecule has 3 amide bonds. The van der Waals surface area contributed by atoms with Crippen LogP contribution in [0.5, 0.6) is 11.5 Å². The van der Waals surface area contributed by atoms with Crippen molar-refractivity contribution in [2.75, 3.05) is 18.4 Å². The predicted octanol–water partition coefficient (Wildman–Crippen LogP) is 5.71. The number of aromatic nitrogens is 1. The lowest BCUT2D eigenvalue weighted by molar-refractivity contribution is -0.160. The molecule has 39 heavy (non-hydrogen) atoms. The molecule has 2 fully saturated rings. The van der Waals surface area contributed by atoms with Crippen LogP contribution in [0.1, 0.15) is 56.1 Å². The number of carbonyl (C=O) groups excluding carboxylic acids is 3. The van der Waals surface area contributed by atoms with Crippen molar-refractivity contribution in [2.24, 2.45) is 5.41 Å². The van der Waals surface area contributed by atoms with Crippen molar-refractivity contribution in [3.8, 4) is 11.5 Å². The molecule has 2 N–H and O–H groups in total. The highest BCUT2D eigenvalue weighted by Crippen LogP contribution is 2.37. The van der Waals surface area contributed by atoms with E-state index in [-0.39, 0.29) is 35.8 Å². The highest BCUT2D eigenvalue weighted by molar-refractivity contribution is 7.21. The number of hydrogen-bond donors (Lipinski definition) is 2. The van der Waals surface area contributed by atoms with Crippen LogP contribution >= 0.6 is 11.3 Å². The molecule has 0 unspecified atom stereocenters. The Balaban J connectivity index is 1.28. The van der Waals surface area contributed by atoms with Crippen molar-refractivity contribution in [3.05, 3.63) is 47.2 Å². The fraction of sp³-hybridized carbons (Fsp3) is 0.429. The number of thiophene rings is 1. The van der Waals surface area contributed by atoms with Crippen LogP contribution < -0.4 is 15.4 Å². The summed E-state index contributed by atoms with van der Waals surface area (Å²) in [5.41, 5.74) is 0.264. The third kappa shape index (κ3) is 6.47. The van der Waals surface area contributed by atoms with Crippen LogP contribution in [0.3, 0.4) is 0 Å². The average Bonchev–Trinajstić information content (AvgIpc) is 3.58. The van der Waals surface area contributed by atoms with Gasteiger partial charge in [-0.1, -0.05) is 0 Å². The lowest BCUT2D eigenvalue weighted by atomic mass is 9.97. The second kappa shape index (κ2) is 10.8. The van der Waals surface area contributed by atoms with Crippen molar-refractivity contribution in [1.29, 1.82) is 0 Å². The van der Waals surface area contributed by atoms with Gasteiger partial charge < -0.3 is 25.0 Å². The quantitative estimate of drug-likeness (QED) is 0.378. The number of rotatable bonds is 6. The molecule has 5 rings (SSSR count). The molecule has 9 nitrogen and oxygen atoms in total. The van der Waals surface area contributed by atoms with Crippen molar-refractivity contribution in [1.82, 2.24) is 15.2 Å². The van der Waals surface area contributed by atoms with E-state index in [4.69, 9.17) is 9.47 Å². The monoisotopic (exact) mass is 554 g/mol. The molecule has 2 aliphatic rings. The van der Waals surface area contributed by atoms with Gasteiger partial charge in [0.25, 0.3) is 5.91 Å². The molecule has 1 saturated carbocycles. The molecule has 3 aromatic rings. The molecule has 0 bridgehead atoms. The van der Waals surface area contributed by atoms with Crippen LogP contribution in [0, 0.1) is 11.2 Å². The van der Waals surface area contributed by atoms with Crippen LogP contribution in [0.25, 0.3) is 10.2 Å². The van der Waals surface area contributed by atoms with E-state index >= 15 is 0 Å². The summed E-state index contributed by atoms with van der Waals surface area (Å²) in [4.78, 5) is 44.1. The molecule has 1 aliphatic heterocycles. The van der Waals surface area contributed by atoms with Crippen LogP contribution in [-0.4, -0.2) is 53.0 Å². The Labute approximate surface area is 229 Å². The first kappa shape index (κ1) is 26.9. The maximum Gasteiger partial charge on any atom is 0.319 e. The van der Waals surface area contributed by atoms with Gasteiger partial charge in [0.15, 0.2) is 11.6 Å². The third-order valence-corrected chi connectivity index (χ3v) is 7.59. The minimum atomic E-state index is -0.638. The molecule has 206 valence electrons. The summed E-state index contributed by atoms with van der Waals surface area (Å²) in [5, 5.41) is 5.40. The number of carbonyl (C=O) groups is 3. The van der Waals surface area contributed by atoms with E-state index in [1.807, 2.05) is 0 Å². The van der Waals surface area contributed by atoms with Gasteiger partial charge in [-0.05, 0) is 64.7 Å². The second-order valence-corrected chi connectivity index (χ2v) is 12.0. The standard InChI is InChI=1S/C28H31FN4O5S/c1-28(2,3)26(35)37-18-5-4-12-33(15-18)25(34)23-14-20-24(39-23)22(10-11-30-20)38-21-9-8-17(13-19(21)29)32-27(36)31-16-6-7-16/h8-11,13-14,16,18H,4-7,12,15H2,1-3H3,(H2,31,32,36)/t18-/m1/s1. The molecule has 0 radical (unpaired) electrons. The van der Waals surface area contributed by atoms with Crippen molar-refractivity contribution < 1.29 is 28.2 Å². The number of amides is 3. The Hall–Kier alpha value is -3.73. The highest BCUT2D eigenvalue weighted by Gasteiger charge is 2.31. The Morgan fingerprint density at radius 1 is 1.10 bits per heavy atom. The number of esters is 1. The molecule has 0 spiro atoms. The van der Waals surface area contributed by atoms with E-state index in [0.29, 0.717) is 46.0 Å². The SMILES string of the molecule is CC(C)(C)C(=O)O[C@@H]1CCCN(C(=O)c2cc3nccc(Oc4ccc(NC(=O)NC5CC5)cc4F)c3s2)C1. The van der Waals surface area contributed by atoms with Gasteiger partial charge >= 0.3 is 12.0 Å². The van der Waals surface area contributed by atoms with E-state index < -0.39 is 11.2 Å². The van der Waals surface area contributed by atoms with Gasteiger partial charge in [0.2, 0.25) is 0 Å².